The SMILES string of the molecule is CC(C)(C)CNc1ccc(OCC2CCCO2)cc1. The van der Waals surface area contributed by atoms with E-state index >= 15 is 0 Å². The summed E-state index contributed by atoms with van der Waals surface area (Å²) in [6, 6.07) is 8.16. The summed E-state index contributed by atoms with van der Waals surface area (Å²) in [6.45, 7) is 9.17. The lowest BCUT2D eigenvalue weighted by atomic mass is 9.97. The van der Waals surface area contributed by atoms with Gasteiger partial charge in [0.2, 0.25) is 0 Å². The zero-order chi connectivity index (χ0) is 13.7. The number of benzene rings is 1. The molecule has 1 aliphatic heterocycles. The second-order valence-corrected chi connectivity index (χ2v) is 6.38. The van der Waals surface area contributed by atoms with Crippen molar-refractivity contribution in [2.75, 3.05) is 25.1 Å². The Morgan fingerprint density at radius 3 is 2.58 bits per heavy atom. The molecule has 1 unspecified atom stereocenters. The van der Waals surface area contributed by atoms with Gasteiger partial charge in [-0.25, -0.2) is 0 Å². The summed E-state index contributed by atoms with van der Waals surface area (Å²) in [5, 5.41) is 3.43. The van der Waals surface area contributed by atoms with Crippen LogP contribution in [0.25, 0.3) is 0 Å². The van der Waals surface area contributed by atoms with Gasteiger partial charge in [0.15, 0.2) is 0 Å². The van der Waals surface area contributed by atoms with Gasteiger partial charge in [-0.3, -0.25) is 0 Å². The number of ether oxygens (including phenoxy) is 2. The van der Waals surface area contributed by atoms with E-state index in [0.29, 0.717) is 6.61 Å². The van der Waals surface area contributed by atoms with Crippen molar-refractivity contribution in [3.05, 3.63) is 24.3 Å². The summed E-state index contributed by atoms with van der Waals surface area (Å²) < 4.78 is 11.3. The van der Waals surface area contributed by atoms with E-state index in [1.54, 1.807) is 0 Å². The highest BCUT2D eigenvalue weighted by Crippen LogP contribution is 2.20. The topological polar surface area (TPSA) is 30.5 Å². The fraction of sp³-hybridized carbons (Fsp3) is 0.625. The lowest BCUT2D eigenvalue weighted by Crippen LogP contribution is -2.19. The van der Waals surface area contributed by atoms with Crippen LogP contribution in [0, 0.1) is 5.41 Å². The van der Waals surface area contributed by atoms with Crippen molar-refractivity contribution in [2.45, 2.75) is 39.7 Å². The van der Waals surface area contributed by atoms with Gasteiger partial charge in [-0.2, -0.15) is 0 Å². The molecule has 1 N–H and O–H groups in total. The minimum Gasteiger partial charge on any atom is -0.491 e. The Morgan fingerprint density at radius 2 is 2.00 bits per heavy atom. The van der Waals surface area contributed by atoms with Crippen LogP contribution in [0.2, 0.25) is 0 Å². The molecular formula is C16H25NO2. The molecule has 0 amide bonds. The Bertz CT molecular complexity index is 375. The first-order valence-corrected chi connectivity index (χ1v) is 7.11. The molecular weight excluding hydrogens is 238 g/mol. The monoisotopic (exact) mass is 263 g/mol. The predicted octanol–water partition coefficient (Wildman–Crippen LogP) is 3.70. The Balaban J connectivity index is 1.77. The first-order chi connectivity index (χ1) is 9.03. The van der Waals surface area contributed by atoms with Crippen molar-refractivity contribution < 1.29 is 9.47 Å². The fourth-order valence-corrected chi connectivity index (χ4v) is 2.00. The molecule has 3 heteroatoms. The summed E-state index contributed by atoms with van der Waals surface area (Å²) in [4.78, 5) is 0. The van der Waals surface area contributed by atoms with Gasteiger partial charge in [0.1, 0.15) is 12.4 Å². The third-order valence-electron chi connectivity index (χ3n) is 3.14. The van der Waals surface area contributed by atoms with Crippen molar-refractivity contribution in [2.24, 2.45) is 5.41 Å². The van der Waals surface area contributed by atoms with Crippen LogP contribution in [0.15, 0.2) is 24.3 Å². The smallest absolute Gasteiger partial charge is 0.119 e. The average Bonchev–Trinajstić information content (AvgIpc) is 2.87. The van der Waals surface area contributed by atoms with Crippen molar-refractivity contribution in [1.29, 1.82) is 0 Å². The molecule has 0 spiro atoms. The number of hydrogen-bond donors (Lipinski definition) is 1. The number of hydrogen-bond acceptors (Lipinski definition) is 3. The first kappa shape index (κ1) is 14.2. The summed E-state index contributed by atoms with van der Waals surface area (Å²) >= 11 is 0. The molecule has 1 saturated heterocycles. The normalized spacial score (nSPS) is 19.4. The van der Waals surface area contributed by atoms with Crippen molar-refractivity contribution >= 4 is 5.69 Å². The highest BCUT2D eigenvalue weighted by Gasteiger charge is 2.15. The van der Waals surface area contributed by atoms with E-state index in [2.05, 4.69) is 38.2 Å². The Hall–Kier alpha value is -1.22. The molecule has 1 heterocycles. The lowest BCUT2D eigenvalue weighted by molar-refractivity contribution is 0.0679. The van der Waals surface area contributed by atoms with E-state index in [1.165, 1.54) is 0 Å². The molecule has 0 aromatic heterocycles. The highest BCUT2D eigenvalue weighted by molar-refractivity contribution is 5.46. The van der Waals surface area contributed by atoms with Gasteiger partial charge in [-0.15, -0.1) is 0 Å². The fourth-order valence-electron chi connectivity index (χ4n) is 2.00. The van der Waals surface area contributed by atoms with Crippen LogP contribution in [-0.4, -0.2) is 25.9 Å². The van der Waals surface area contributed by atoms with E-state index in [1.807, 2.05) is 12.1 Å². The molecule has 0 radical (unpaired) electrons. The minimum absolute atomic E-state index is 0.277. The van der Waals surface area contributed by atoms with Crippen molar-refractivity contribution in [1.82, 2.24) is 0 Å². The average molecular weight is 263 g/mol. The number of anilines is 1. The third kappa shape index (κ3) is 5.11. The summed E-state index contributed by atoms with van der Waals surface area (Å²) in [5.41, 5.74) is 1.43. The molecule has 0 saturated carbocycles. The van der Waals surface area contributed by atoms with Gasteiger partial charge in [0, 0.05) is 18.8 Å². The molecule has 106 valence electrons. The minimum atomic E-state index is 0.277. The van der Waals surface area contributed by atoms with Gasteiger partial charge in [-0.05, 0) is 42.5 Å². The molecule has 1 aliphatic rings. The van der Waals surface area contributed by atoms with E-state index in [0.717, 1.165) is 37.4 Å². The van der Waals surface area contributed by atoms with E-state index < -0.39 is 0 Å². The van der Waals surface area contributed by atoms with Crippen molar-refractivity contribution in [3.63, 3.8) is 0 Å². The molecule has 1 aromatic carbocycles. The van der Waals surface area contributed by atoms with Crippen LogP contribution in [-0.2, 0) is 4.74 Å². The molecule has 1 atom stereocenters. The Morgan fingerprint density at radius 1 is 1.26 bits per heavy atom. The molecule has 2 rings (SSSR count). The second-order valence-electron chi connectivity index (χ2n) is 6.38. The molecule has 1 aromatic rings. The zero-order valence-electron chi connectivity index (χ0n) is 12.2. The second kappa shape index (κ2) is 6.29. The molecule has 0 bridgehead atoms. The first-order valence-electron chi connectivity index (χ1n) is 7.11. The van der Waals surface area contributed by atoms with Crippen LogP contribution in [0.3, 0.4) is 0 Å². The van der Waals surface area contributed by atoms with E-state index in [4.69, 9.17) is 9.47 Å². The number of rotatable bonds is 5. The molecule has 3 nitrogen and oxygen atoms in total. The van der Waals surface area contributed by atoms with Gasteiger partial charge < -0.3 is 14.8 Å². The quantitative estimate of drug-likeness (QED) is 0.878. The van der Waals surface area contributed by atoms with Gasteiger partial charge in [0.25, 0.3) is 0 Å². The third-order valence-corrected chi connectivity index (χ3v) is 3.14. The summed E-state index contributed by atoms with van der Waals surface area (Å²) in [5.74, 6) is 0.914. The maximum Gasteiger partial charge on any atom is 0.119 e. The van der Waals surface area contributed by atoms with Crippen LogP contribution < -0.4 is 10.1 Å². The summed E-state index contributed by atoms with van der Waals surface area (Å²) in [7, 11) is 0. The highest BCUT2D eigenvalue weighted by atomic mass is 16.5. The van der Waals surface area contributed by atoms with Crippen molar-refractivity contribution in [3.8, 4) is 5.75 Å². The van der Waals surface area contributed by atoms with Crippen LogP contribution in [0.4, 0.5) is 5.69 Å². The van der Waals surface area contributed by atoms with Crippen LogP contribution >= 0.6 is 0 Å². The van der Waals surface area contributed by atoms with E-state index in [-0.39, 0.29) is 11.5 Å². The lowest BCUT2D eigenvalue weighted by Gasteiger charge is -2.19. The molecule has 1 fully saturated rings. The standard InChI is InChI=1S/C16H25NO2/c1-16(2,3)12-17-13-6-8-14(9-7-13)19-11-15-5-4-10-18-15/h6-9,15,17H,4-5,10-12H2,1-3H3. The largest absolute Gasteiger partial charge is 0.491 e. The van der Waals surface area contributed by atoms with Crippen LogP contribution in [0.1, 0.15) is 33.6 Å². The maximum absolute atomic E-state index is 5.74. The van der Waals surface area contributed by atoms with E-state index in [9.17, 15) is 0 Å². The predicted molar refractivity (Wildman–Crippen MR) is 78.9 cm³/mol. The zero-order valence-corrected chi connectivity index (χ0v) is 12.2. The molecule has 19 heavy (non-hydrogen) atoms. The Kier molecular flexibility index (Phi) is 4.70. The van der Waals surface area contributed by atoms with Crippen LogP contribution in [0.5, 0.6) is 5.75 Å². The molecule has 0 aliphatic carbocycles. The van der Waals surface area contributed by atoms with Gasteiger partial charge >= 0.3 is 0 Å². The van der Waals surface area contributed by atoms with Gasteiger partial charge in [0.05, 0.1) is 6.10 Å². The van der Waals surface area contributed by atoms with Gasteiger partial charge in [-0.1, -0.05) is 20.8 Å². The number of nitrogens with one attached hydrogen (secondary N) is 1. The maximum atomic E-state index is 5.74. The Labute approximate surface area is 116 Å². The summed E-state index contributed by atoms with van der Waals surface area (Å²) in [6.07, 6.45) is 2.55.